The number of carbonyl (C=O) groups is 2. The summed E-state index contributed by atoms with van der Waals surface area (Å²) in [6, 6.07) is 3.04. The van der Waals surface area contributed by atoms with Crippen molar-refractivity contribution in [3.05, 3.63) is 29.8 Å². The predicted molar refractivity (Wildman–Crippen MR) is 166 cm³/mol. The van der Waals surface area contributed by atoms with E-state index in [-0.39, 0.29) is 34.4 Å². The highest BCUT2D eigenvalue weighted by atomic mass is 33.1. The summed E-state index contributed by atoms with van der Waals surface area (Å²) in [7, 11) is 4.42. The molecule has 8 nitrogen and oxygen atoms in total. The van der Waals surface area contributed by atoms with Crippen molar-refractivity contribution >= 4 is 47.6 Å². The number of methoxy groups -OCH3 is 2. The largest absolute Gasteiger partial charge is 0.493 e. The quantitative estimate of drug-likeness (QED) is 0.153. The van der Waals surface area contributed by atoms with Crippen LogP contribution in [-0.2, 0) is 9.16 Å². The number of nitrogens with zero attached hydrogens (tertiary/aromatic N) is 1. The van der Waals surface area contributed by atoms with Crippen LogP contribution < -0.4 is 14.8 Å². The molecule has 1 aromatic carbocycles. The molecule has 1 N–H and O–H groups in total. The first-order valence-corrected chi connectivity index (χ1v) is 18.4. The van der Waals surface area contributed by atoms with Crippen molar-refractivity contribution in [3.8, 4) is 11.5 Å². The smallest absolute Gasteiger partial charge is 0.411 e. The van der Waals surface area contributed by atoms with Gasteiger partial charge in [0.2, 0.25) is 0 Å². The molecule has 0 bridgehead atoms. The molecule has 1 aliphatic rings. The molecule has 0 aliphatic carbocycles. The summed E-state index contributed by atoms with van der Waals surface area (Å²) in [6.45, 7) is 22.5. The van der Waals surface area contributed by atoms with Gasteiger partial charge in [-0.15, -0.1) is 0 Å². The number of anilines is 1. The number of amides is 2. The highest BCUT2D eigenvalue weighted by Gasteiger charge is 2.40. The van der Waals surface area contributed by atoms with Crippen molar-refractivity contribution in [2.75, 3.05) is 39.3 Å². The Labute approximate surface area is 243 Å². The summed E-state index contributed by atoms with van der Waals surface area (Å²) < 4.78 is 22.8. The van der Waals surface area contributed by atoms with E-state index in [4.69, 9.17) is 18.6 Å². The van der Waals surface area contributed by atoms with Crippen molar-refractivity contribution in [2.24, 2.45) is 0 Å². The predicted octanol–water partition coefficient (Wildman–Crippen LogP) is 7.22. The molecule has 2 rings (SSSR count). The summed E-state index contributed by atoms with van der Waals surface area (Å²) in [6.07, 6.45) is 0.0319. The van der Waals surface area contributed by atoms with Crippen LogP contribution in [0.3, 0.4) is 0 Å². The monoisotopic (exact) mass is 598 g/mol. The van der Waals surface area contributed by atoms with E-state index in [1.54, 1.807) is 38.6 Å². The zero-order valence-corrected chi connectivity index (χ0v) is 27.8. The molecular weight excluding hydrogens is 553 g/mol. The van der Waals surface area contributed by atoms with E-state index < -0.39 is 14.4 Å². The Kier molecular flexibility index (Phi) is 12.1. The maximum absolute atomic E-state index is 14.0. The van der Waals surface area contributed by atoms with Gasteiger partial charge in [-0.1, -0.05) is 68.4 Å². The zero-order chi connectivity index (χ0) is 29.5. The van der Waals surface area contributed by atoms with Crippen LogP contribution in [0, 0.1) is 0 Å². The van der Waals surface area contributed by atoms with Gasteiger partial charge in [0.1, 0.15) is 6.61 Å². The van der Waals surface area contributed by atoms with Crippen LogP contribution >= 0.6 is 21.6 Å². The molecule has 39 heavy (non-hydrogen) atoms. The molecule has 11 heteroatoms. The number of nitrogens with one attached hydrogen (secondary N) is 1. The normalized spacial score (nSPS) is 16.8. The summed E-state index contributed by atoms with van der Waals surface area (Å²) in [5.74, 6) is 0.541. The number of rotatable bonds is 12. The Bertz CT molecular complexity index is 1030. The molecular formula is C28H46N2O6S2Si. The summed E-state index contributed by atoms with van der Waals surface area (Å²) in [4.78, 5) is 28.5. The Morgan fingerprint density at radius 2 is 1.74 bits per heavy atom. The average Bonchev–Trinajstić information content (AvgIpc) is 3.23. The molecule has 0 aromatic heterocycles. The second kappa shape index (κ2) is 14.2. The van der Waals surface area contributed by atoms with Crippen LogP contribution in [0.15, 0.2) is 24.3 Å². The van der Waals surface area contributed by atoms with E-state index in [1.807, 2.05) is 6.92 Å². The molecule has 1 saturated heterocycles. The third-order valence-corrected chi connectivity index (χ3v) is 14.8. The number of hydrogen-bond acceptors (Lipinski definition) is 8. The Hall–Kier alpha value is -1.82. The van der Waals surface area contributed by atoms with E-state index in [0.29, 0.717) is 42.0 Å². The van der Waals surface area contributed by atoms with Crippen molar-refractivity contribution < 1.29 is 28.2 Å². The maximum Gasteiger partial charge on any atom is 0.411 e. The molecule has 2 amide bonds. The number of hydrogen-bond donors (Lipinski definition) is 1. The van der Waals surface area contributed by atoms with Gasteiger partial charge >= 0.3 is 6.09 Å². The first-order chi connectivity index (χ1) is 18.1. The Morgan fingerprint density at radius 1 is 1.13 bits per heavy atom. The van der Waals surface area contributed by atoms with Gasteiger partial charge in [0.25, 0.3) is 5.91 Å². The molecule has 0 saturated carbocycles. The standard InChI is InChI=1S/C28H46N2O6S2Si/c1-18(2)37-38-20(4)16-35-27(32)29-23-14-25(34-9)24(33-8)13-22(23)26(31)30-15-19(3)12-21(30)17-36-39(10,11)28(5,6)7/h13-14,18,20-21H,3,12,15-17H2,1-2,4-11H3,(H,29,32)/t20?,21-/m0/s1. The van der Waals surface area contributed by atoms with Crippen LogP contribution in [-0.4, -0.2) is 75.7 Å². The lowest BCUT2D eigenvalue weighted by Crippen LogP contribution is -2.46. The van der Waals surface area contributed by atoms with Crippen molar-refractivity contribution in [3.63, 3.8) is 0 Å². The maximum atomic E-state index is 14.0. The lowest BCUT2D eigenvalue weighted by molar-refractivity contribution is 0.0686. The van der Waals surface area contributed by atoms with Gasteiger partial charge < -0.3 is 23.5 Å². The van der Waals surface area contributed by atoms with Gasteiger partial charge in [-0.2, -0.15) is 0 Å². The van der Waals surface area contributed by atoms with E-state index in [0.717, 1.165) is 5.57 Å². The molecule has 1 heterocycles. The lowest BCUT2D eigenvalue weighted by Gasteiger charge is -2.38. The SMILES string of the molecule is C=C1C[C@@H](CO[Si](C)(C)C(C)(C)C)N(C(=O)c2cc(OC)c(OC)cc2NC(=O)OCC(C)SSC(C)C)C1. The first-order valence-electron chi connectivity index (χ1n) is 13.2. The van der Waals surface area contributed by atoms with Crippen molar-refractivity contribution in [1.82, 2.24) is 4.90 Å². The lowest BCUT2D eigenvalue weighted by atomic mass is 10.1. The van der Waals surface area contributed by atoms with Gasteiger partial charge in [-0.05, 0) is 37.5 Å². The highest BCUT2D eigenvalue weighted by Crippen LogP contribution is 2.39. The van der Waals surface area contributed by atoms with Gasteiger partial charge in [-0.25, -0.2) is 4.79 Å². The molecule has 0 radical (unpaired) electrons. The van der Waals surface area contributed by atoms with Gasteiger partial charge in [0.05, 0.1) is 38.1 Å². The second-order valence-corrected chi connectivity index (χ2v) is 19.7. The average molecular weight is 599 g/mol. The van der Waals surface area contributed by atoms with Crippen molar-refractivity contribution in [1.29, 1.82) is 0 Å². The van der Waals surface area contributed by atoms with E-state index >= 15 is 0 Å². The molecule has 1 aromatic rings. The number of likely N-dealkylation sites (tertiary alicyclic amines) is 1. The van der Waals surface area contributed by atoms with E-state index in [2.05, 4.69) is 59.6 Å². The minimum Gasteiger partial charge on any atom is -0.493 e. The van der Waals surface area contributed by atoms with Crippen LogP contribution in [0.2, 0.25) is 18.1 Å². The Balaban J connectivity index is 2.27. The fraction of sp³-hybridized carbons (Fsp3) is 0.643. The number of ether oxygens (including phenoxy) is 3. The molecule has 2 atom stereocenters. The summed E-state index contributed by atoms with van der Waals surface area (Å²) >= 11 is 0. The minimum absolute atomic E-state index is 0.0573. The number of carbonyl (C=O) groups excluding carboxylic acids is 2. The van der Waals surface area contributed by atoms with Gasteiger partial charge in [0, 0.05) is 23.1 Å². The van der Waals surface area contributed by atoms with E-state index in [9.17, 15) is 9.59 Å². The summed E-state index contributed by atoms with van der Waals surface area (Å²) in [5, 5.41) is 3.41. The summed E-state index contributed by atoms with van der Waals surface area (Å²) in [5.41, 5.74) is 1.54. The molecule has 1 fully saturated rings. The third-order valence-electron chi connectivity index (χ3n) is 6.91. The third kappa shape index (κ3) is 9.36. The van der Waals surface area contributed by atoms with Crippen molar-refractivity contribution in [2.45, 2.75) is 82.6 Å². The molecule has 0 spiro atoms. The van der Waals surface area contributed by atoms with Gasteiger partial charge in [-0.3, -0.25) is 10.1 Å². The van der Waals surface area contributed by atoms with E-state index in [1.165, 1.54) is 14.2 Å². The van der Waals surface area contributed by atoms with Crippen LogP contribution in [0.1, 0.15) is 58.3 Å². The molecule has 220 valence electrons. The molecule has 1 unspecified atom stereocenters. The highest BCUT2D eigenvalue weighted by molar-refractivity contribution is 8.77. The zero-order valence-electron chi connectivity index (χ0n) is 25.1. The van der Waals surface area contributed by atoms with Crippen LogP contribution in [0.5, 0.6) is 11.5 Å². The van der Waals surface area contributed by atoms with Crippen LogP contribution in [0.25, 0.3) is 0 Å². The fourth-order valence-electron chi connectivity index (χ4n) is 3.67. The van der Waals surface area contributed by atoms with Crippen LogP contribution in [0.4, 0.5) is 10.5 Å². The Morgan fingerprint density at radius 3 is 2.31 bits per heavy atom. The topological polar surface area (TPSA) is 86.3 Å². The minimum atomic E-state index is -2.01. The first kappa shape index (κ1) is 33.4. The van der Waals surface area contributed by atoms with Gasteiger partial charge in [0.15, 0.2) is 19.8 Å². The molecule has 1 aliphatic heterocycles. The fourth-order valence-corrected chi connectivity index (χ4v) is 6.65. The second-order valence-electron chi connectivity index (χ2n) is 11.6. The number of benzene rings is 1.